The van der Waals surface area contributed by atoms with Crippen LogP contribution >= 0.6 is 0 Å². The first kappa shape index (κ1) is 13.4. The van der Waals surface area contributed by atoms with E-state index in [2.05, 4.69) is 5.32 Å². The molecule has 1 unspecified atom stereocenters. The number of nitrogens with one attached hydrogen (secondary N) is 1. The highest BCUT2D eigenvalue weighted by Crippen LogP contribution is 2.20. The van der Waals surface area contributed by atoms with Crippen molar-refractivity contribution >= 4 is 5.69 Å². The summed E-state index contributed by atoms with van der Waals surface area (Å²) in [6, 6.07) is 4.22. The Morgan fingerprint density at radius 3 is 2.53 bits per heavy atom. The van der Waals surface area contributed by atoms with Crippen LogP contribution < -0.4 is 5.32 Å². The third kappa shape index (κ3) is 3.40. The number of nitrogens with zero attached hydrogens (tertiary/aromatic N) is 2. The van der Waals surface area contributed by atoms with Gasteiger partial charge in [0.05, 0.1) is 11.3 Å². The highest BCUT2D eigenvalue weighted by molar-refractivity contribution is 5.50. The zero-order valence-electron chi connectivity index (χ0n) is 10.1. The van der Waals surface area contributed by atoms with Gasteiger partial charge in [0, 0.05) is 12.6 Å². The maximum absolute atomic E-state index is 13.5. The van der Waals surface area contributed by atoms with Gasteiger partial charge in [0.2, 0.25) is 0 Å². The Balaban J connectivity index is 2.87. The number of likely N-dealkylation sites (N-methyl/N-ethyl adjacent to an activating group) is 1. The van der Waals surface area contributed by atoms with Gasteiger partial charge in [0.1, 0.15) is 6.07 Å². The Kier molecular flexibility index (Phi) is 4.41. The standard InChI is InChI=1S/C12H15F2N3/c1-8(7-17(2)3)16-10-5-4-9(6-15)11(13)12(10)14/h4-5,8,16H,7H2,1-3H3. The van der Waals surface area contributed by atoms with Gasteiger partial charge in [0.15, 0.2) is 11.6 Å². The molecule has 0 saturated heterocycles. The summed E-state index contributed by atoms with van der Waals surface area (Å²) in [5.74, 6) is -2.11. The first-order valence-electron chi connectivity index (χ1n) is 5.25. The molecule has 0 aliphatic heterocycles. The molecule has 1 N–H and O–H groups in total. The molecular formula is C12H15F2N3. The zero-order chi connectivity index (χ0) is 13.0. The lowest BCUT2D eigenvalue weighted by Gasteiger charge is -2.19. The molecule has 5 heteroatoms. The number of hydrogen-bond acceptors (Lipinski definition) is 3. The van der Waals surface area contributed by atoms with Gasteiger partial charge in [-0.3, -0.25) is 0 Å². The SMILES string of the molecule is CC(CN(C)C)Nc1ccc(C#N)c(F)c1F. The summed E-state index contributed by atoms with van der Waals surface area (Å²) in [7, 11) is 3.79. The van der Waals surface area contributed by atoms with Crippen molar-refractivity contribution in [2.45, 2.75) is 13.0 Å². The molecule has 0 aliphatic carbocycles. The molecule has 1 rings (SSSR count). The topological polar surface area (TPSA) is 39.1 Å². The van der Waals surface area contributed by atoms with Gasteiger partial charge in [-0.05, 0) is 33.2 Å². The van der Waals surface area contributed by atoms with Gasteiger partial charge in [-0.2, -0.15) is 5.26 Å². The quantitative estimate of drug-likeness (QED) is 0.875. The predicted octanol–water partition coefficient (Wildman–Crippen LogP) is 2.20. The summed E-state index contributed by atoms with van der Waals surface area (Å²) in [4.78, 5) is 1.94. The molecule has 0 fully saturated rings. The molecule has 3 nitrogen and oxygen atoms in total. The van der Waals surface area contributed by atoms with Crippen molar-refractivity contribution in [3.8, 4) is 6.07 Å². The highest BCUT2D eigenvalue weighted by atomic mass is 19.2. The fraction of sp³-hybridized carbons (Fsp3) is 0.417. The van der Waals surface area contributed by atoms with Crippen molar-refractivity contribution in [1.82, 2.24) is 4.90 Å². The lowest BCUT2D eigenvalue weighted by molar-refractivity contribution is 0.391. The highest BCUT2D eigenvalue weighted by Gasteiger charge is 2.14. The van der Waals surface area contributed by atoms with Crippen LogP contribution in [0.2, 0.25) is 0 Å². The second-order valence-electron chi connectivity index (χ2n) is 4.21. The molecule has 0 saturated carbocycles. The van der Waals surface area contributed by atoms with Crippen LogP contribution in [0.25, 0.3) is 0 Å². The molecule has 0 aromatic heterocycles. The van der Waals surface area contributed by atoms with E-state index in [1.807, 2.05) is 25.9 Å². The Morgan fingerprint density at radius 1 is 1.35 bits per heavy atom. The smallest absolute Gasteiger partial charge is 0.183 e. The number of rotatable bonds is 4. The molecule has 0 amide bonds. The maximum Gasteiger partial charge on any atom is 0.183 e. The van der Waals surface area contributed by atoms with E-state index in [-0.39, 0.29) is 17.3 Å². The Hall–Kier alpha value is -1.67. The molecule has 92 valence electrons. The molecule has 0 radical (unpaired) electrons. The van der Waals surface area contributed by atoms with E-state index in [9.17, 15) is 8.78 Å². The van der Waals surface area contributed by atoms with E-state index in [4.69, 9.17) is 5.26 Å². The largest absolute Gasteiger partial charge is 0.379 e. The monoisotopic (exact) mass is 239 g/mol. The second-order valence-corrected chi connectivity index (χ2v) is 4.21. The van der Waals surface area contributed by atoms with Crippen LogP contribution in [-0.4, -0.2) is 31.6 Å². The Labute approximate surface area is 99.7 Å². The van der Waals surface area contributed by atoms with Gasteiger partial charge in [0.25, 0.3) is 0 Å². The van der Waals surface area contributed by atoms with E-state index >= 15 is 0 Å². The summed E-state index contributed by atoms with van der Waals surface area (Å²) in [5.41, 5.74) is -0.204. The maximum atomic E-state index is 13.5. The average Bonchev–Trinajstić information content (AvgIpc) is 2.24. The van der Waals surface area contributed by atoms with Crippen molar-refractivity contribution in [1.29, 1.82) is 5.26 Å². The fourth-order valence-corrected chi connectivity index (χ4v) is 1.61. The van der Waals surface area contributed by atoms with Gasteiger partial charge in [-0.15, -0.1) is 0 Å². The second kappa shape index (κ2) is 5.60. The third-order valence-electron chi connectivity index (χ3n) is 2.24. The molecule has 0 heterocycles. The van der Waals surface area contributed by atoms with Gasteiger partial charge >= 0.3 is 0 Å². The van der Waals surface area contributed by atoms with Crippen LogP contribution in [0.5, 0.6) is 0 Å². The van der Waals surface area contributed by atoms with E-state index in [1.54, 1.807) is 6.07 Å². The van der Waals surface area contributed by atoms with Crippen molar-refractivity contribution in [2.75, 3.05) is 26.0 Å². The minimum Gasteiger partial charge on any atom is -0.379 e. The van der Waals surface area contributed by atoms with E-state index in [0.717, 1.165) is 0 Å². The average molecular weight is 239 g/mol. The lowest BCUT2D eigenvalue weighted by atomic mass is 10.2. The van der Waals surface area contributed by atoms with Crippen LogP contribution in [0.4, 0.5) is 14.5 Å². The molecule has 1 atom stereocenters. The van der Waals surface area contributed by atoms with E-state index in [0.29, 0.717) is 6.54 Å². The van der Waals surface area contributed by atoms with Crippen LogP contribution in [0.3, 0.4) is 0 Å². The fourth-order valence-electron chi connectivity index (χ4n) is 1.61. The lowest BCUT2D eigenvalue weighted by Crippen LogP contribution is -2.30. The molecule has 1 aromatic carbocycles. The van der Waals surface area contributed by atoms with Crippen molar-refractivity contribution in [3.05, 3.63) is 29.3 Å². The molecule has 1 aromatic rings. The summed E-state index contributed by atoms with van der Waals surface area (Å²) in [5, 5.41) is 11.4. The van der Waals surface area contributed by atoms with Crippen molar-refractivity contribution in [2.24, 2.45) is 0 Å². The van der Waals surface area contributed by atoms with Crippen LogP contribution in [-0.2, 0) is 0 Å². The minimum atomic E-state index is -1.10. The van der Waals surface area contributed by atoms with Gasteiger partial charge < -0.3 is 10.2 Å². The number of halogens is 2. The Morgan fingerprint density at radius 2 is 2.00 bits per heavy atom. The predicted molar refractivity (Wildman–Crippen MR) is 62.7 cm³/mol. The normalized spacial score (nSPS) is 12.3. The summed E-state index contributed by atoms with van der Waals surface area (Å²) >= 11 is 0. The number of anilines is 1. The van der Waals surface area contributed by atoms with Crippen molar-refractivity contribution in [3.63, 3.8) is 0 Å². The third-order valence-corrected chi connectivity index (χ3v) is 2.24. The number of hydrogen-bond donors (Lipinski definition) is 1. The number of benzene rings is 1. The van der Waals surface area contributed by atoms with Gasteiger partial charge in [-0.1, -0.05) is 0 Å². The van der Waals surface area contributed by atoms with Crippen LogP contribution in [0.15, 0.2) is 12.1 Å². The summed E-state index contributed by atoms with van der Waals surface area (Å²) < 4.78 is 26.9. The van der Waals surface area contributed by atoms with Crippen LogP contribution in [0.1, 0.15) is 12.5 Å². The molecule has 17 heavy (non-hydrogen) atoms. The molecule has 0 spiro atoms. The summed E-state index contributed by atoms with van der Waals surface area (Å²) in [6.45, 7) is 2.57. The summed E-state index contributed by atoms with van der Waals surface area (Å²) in [6.07, 6.45) is 0. The first-order chi connectivity index (χ1) is 7.95. The molecular weight excluding hydrogens is 224 g/mol. The van der Waals surface area contributed by atoms with Crippen LogP contribution in [0, 0.1) is 23.0 Å². The number of nitriles is 1. The minimum absolute atomic E-state index is 0.0214. The molecule has 0 bridgehead atoms. The van der Waals surface area contributed by atoms with Gasteiger partial charge in [-0.25, -0.2) is 8.78 Å². The van der Waals surface area contributed by atoms with Crippen molar-refractivity contribution < 1.29 is 8.78 Å². The Bertz CT molecular complexity index is 438. The van der Waals surface area contributed by atoms with E-state index in [1.165, 1.54) is 12.1 Å². The first-order valence-corrected chi connectivity index (χ1v) is 5.25. The molecule has 0 aliphatic rings. The zero-order valence-corrected chi connectivity index (χ0v) is 10.1. The van der Waals surface area contributed by atoms with E-state index < -0.39 is 11.6 Å².